The second-order valence-corrected chi connectivity index (χ2v) is 4.59. The van der Waals surface area contributed by atoms with Crippen LogP contribution in [0.3, 0.4) is 0 Å². The summed E-state index contributed by atoms with van der Waals surface area (Å²) < 4.78 is 9.08. The van der Waals surface area contributed by atoms with E-state index in [4.69, 9.17) is 0 Å². The van der Waals surface area contributed by atoms with Crippen LogP contribution in [0, 0.1) is 0 Å². The highest BCUT2D eigenvalue weighted by molar-refractivity contribution is 7.12. The van der Waals surface area contributed by atoms with Gasteiger partial charge in [0.15, 0.2) is 0 Å². The summed E-state index contributed by atoms with van der Waals surface area (Å²) in [6.07, 6.45) is 0.164. The summed E-state index contributed by atoms with van der Waals surface area (Å²) in [6.45, 7) is 0. The molecule has 1 aromatic rings. The number of methoxy groups -OCH3 is 2. The van der Waals surface area contributed by atoms with Gasteiger partial charge in [0, 0.05) is 6.42 Å². The molecule has 0 saturated heterocycles. The topological polar surface area (TPSA) is 81.7 Å². The zero-order chi connectivity index (χ0) is 14.3. The number of hydrogen-bond acceptors (Lipinski definition) is 6. The van der Waals surface area contributed by atoms with E-state index >= 15 is 0 Å². The lowest BCUT2D eigenvalue weighted by Crippen LogP contribution is -2.41. The predicted octanol–water partition coefficient (Wildman–Crippen LogP) is 0.973. The number of thiophene rings is 1. The van der Waals surface area contributed by atoms with Crippen molar-refractivity contribution in [3.63, 3.8) is 0 Å². The van der Waals surface area contributed by atoms with E-state index in [0.717, 1.165) is 0 Å². The monoisotopic (exact) mass is 285 g/mol. The molecule has 0 spiro atoms. The second kappa shape index (κ2) is 7.52. The van der Waals surface area contributed by atoms with Crippen molar-refractivity contribution in [2.24, 2.45) is 0 Å². The van der Waals surface area contributed by atoms with Gasteiger partial charge in [-0.25, -0.2) is 4.79 Å². The molecule has 0 unspecified atom stereocenters. The van der Waals surface area contributed by atoms with Crippen LogP contribution in [0.2, 0.25) is 0 Å². The molecule has 0 aliphatic heterocycles. The van der Waals surface area contributed by atoms with E-state index in [1.54, 1.807) is 17.5 Å². The largest absolute Gasteiger partial charge is 0.469 e. The van der Waals surface area contributed by atoms with Crippen molar-refractivity contribution in [3.8, 4) is 0 Å². The van der Waals surface area contributed by atoms with Gasteiger partial charge in [0.05, 0.1) is 19.1 Å². The molecule has 19 heavy (non-hydrogen) atoms. The number of carbonyl (C=O) groups is 3. The average Bonchev–Trinajstić information content (AvgIpc) is 2.95. The quantitative estimate of drug-likeness (QED) is 0.788. The van der Waals surface area contributed by atoms with Crippen molar-refractivity contribution in [1.29, 1.82) is 0 Å². The highest BCUT2D eigenvalue weighted by atomic mass is 32.1. The Hall–Kier alpha value is -1.89. The smallest absolute Gasteiger partial charge is 0.328 e. The molecule has 0 aliphatic carbocycles. The van der Waals surface area contributed by atoms with E-state index in [-0.39, 0.29) is 18.7 Å². The van der Waals surface area contributed by atoms with Gasteiger partial charge in [-0.2, -0.15) is 0 Å². The highest BCUT2D eigenvalue weighted by Gasteiger charge is 2.23. The van der Waals surface area contributed by atoms with Gasteiger partial charge in [0.2, 0.25) is 0 Å². The van der Waals surface area contributed by atoms with Crippen molar-refractivity contribution in [2.75, 3.05) is 14.2 Å². The van der Waals surface area contributed by atoms with Crippen LogP contribution in [-0.2, 0) is 19.1 Å². The molecule has 0 aromatic carbocycles. The molecule has 1 amide bonds. The van der Waals surface area contributed by atoms with Crippen LogP contribution in [0.1, 0.15) is 22.5 Å². The summed E-state index contributed by atoms with van der Waals surface area (Å²) in [5, 5.41) is 4.30. The molecule has 1 heterocycles. The normalized spacial score (nSPS) is 11.5. The lowest BCUT2D eigenvalue weighted by Gasteiger charge is -2.15. The fraction of sp³-hybridized carbons (Fsp3) is 0.417. The first-order valence-corrected chi connectivity index (χ1v) is 6.45. The van der Waals surface area contributed by atoms with Gasteiger partial charge in [-0.3, -0.25) is 9.59 Å². The molecule has 1 N–H and O–H groups in total. The molecule has 1 atom stereocenters. The minimum atomic E-state index is -0.862. The van der Waals surface area contributed by atoms with E-state index < -0.39 is 18.0 Å². The minimum Gasteiger partial charge on any atom is -0.469 e. The highest BCUT2D eigenvalue weighted by Crippen LogP contribution is 2.09. The number of amides is 1. The van der Waals surface area contributed by atoms with Gasteiger partial charge in [0.1, 0.15) is 6.04 Å². The van der Waals surface area contributed by atoms with Gasteiger partial charge < -0.3 is 14.8 Å². The number of esters is 2. The van der Waals surface area contributed by atoms with Crippen molar-refractivity contribution >= 4 is 29.2 Å². The first-order chi connectivity index (χ1) is 9.08. The summed E-state index contributed by atoms with van der Waals surface area (Å²) >= 11 is 1.27. The van der Waals surface area contributed by atoms with Crippen molar-refractivity contribution < 1.29 is 23.9 Å². The van der Waals surface area contributed by atoms with Crippen molar-refractivity contribution in [3.05, 3.63) is 22.4 Å². The minimum absolute atomic E-state index is 0.0288. The number of nitrogens with one attached hydrogen (secondary N) is 1. The summed E-state index contributed by atoms with van der Waals surface area (Å²) in [4.78, 5) is 34.9. The summed E-state index contributed by atoms with van der Waals surface area (Å²) in [6, 6.07) is 2.52. The zero-order valence-corrected chi connectivity index (χ0v) is 11.5. The summed E-state index contributed by atoms with van der Waals surface area (Å²) in [5.41, 5.74) is 0. The SMILES string of the molecule is COC(=O)CC[C@@H](NC(=O)c1cccs1)C(=O)OC. The van der Waals surface area contributed by atoms with Crippen LogP contribution in [-0.4, -0.2) is 38.1 Å². The van der Waals surface area contributed by atoms with Crippen LogP contribution in [0.15, 0.2) is 17.5 Å². The van der Waals surface area contributed by atoms with Crippen LogP contribution < -0.4 is 5.32 Å². The maximum atomic E-state index is 11.8. The van der Waals surface area contributed by atoms with E-state index in [1.807, 2.05) is 0 Å². The Morgan fingerprint density at radius 2 is 2.05 bits per heavy atom. The van der Waals surface area contributed by atoms with Crippen LogP contribution in [0.25, 0.3) is 0 Å². The van der Waals surface area contributed by atoms with Crippen LogP contribution >= 0.6 is 11.3 Å². The Morgan fingerprint density at radius 1 is 1.32 bits per heavy atom. The van der Waals surface area contributed by atoms with Gasteiger partial charge >= 0.3 is 11.9 Å². The zero-order valence-electron chi connectivity index (χ0n) is 10.7. The fourth-order valence-corrected chi connectivity index (χ4v) is 2.02. The lowest BCUT2D eigenvalue weighted by atomic mass is 10.1. The third kappa shape index (κ3) is 4.70. The van der Waals surface area contributed by atoms with E-state index in [1.165, 1.54) is 25.6 Å². The fourth-order valence-electron chi connectivity index (χ4n) is 1.39. The molecule has 104 valence electrons. The summed E-state index contributed by atoms with van der Waals surface area (Å²) in [5.74, 6) is -1.40. The Labute approximate surface area is 114 Å². The Balaban J connectivity index is 2.61. The number of carbonyl (C=O) groups excluding carboxylic acids is 3. The van der Waals surface area contributed by atoms with Crippen LogP contribution in [0.4, 0.5) is 0 Å². The van der Waals surface area contributed by atoms with Gasteiger partial charge in [-0.15, -0.1) is 11.3 Å². The van der Waals surface area contributed by atoms with E-state index in [9.17, 15) is 14.4 Å². The molecular formula is C12H15NO5S. The molecule has 1 rings (SSSR count). The van der Waals surface area contributed by atoms with E-state index in [0.29, 0.717) is 4.88 Å². The Kier molecular flexibility index (Phi) is 6.01. The van der Waals surface area contributed by atoms with Gasteiger partial charge in [-0.05, 0) is 17.9 Å². The second-order valence-electron chi connectivity index (χ2n) is 3.64. The number of ether oxygens (including phenoxy) is 2. The third-order valence-electron chi connectivity index (χ3n) is 2.40. The van der Waals surface area contributed by atoms with Gasteiger partial charge in [0.25, 0.3) is 5.91 Å². The molecule has 6 nitrogen and oxygen atoms in total. The average molecular weight is 285 g/mol. The summed E-state index contributed by atoms with van der Waals surface area (Å²) in [7, 11) is 2.49. The number of hydrogen-bond donors (Lipinski definition) is 1. The van der Waals surface area contributed by atoms with Crippen molar-refractivity contribution in [1.82, 2.24) is 5.32 Å². The first kappa shape index (κ1) is 15.2. The first-order valence-electron chi connectivity index (χ1n) is 5.57. The maximum absolute atomic E-state index is 11.8. The lowest BCUT2D eigenvalue weighted by molar-refractivity contribution is -0.144. The predicted molar refractivity (Wildman–Crippen MR) is 68.8 cm³/mol. The molecule has 7 heteroatoms. The molecule has 0 fully saturated rings. The molecule has 0 bridgehead atoms. The molecule has 0 aliphatic rings. The molecule has 0 radical (unpaired) electrons. The van der Waals surface area contributed by atoms with Crippen molar-refractivity contribution in [2.45, 2.75) is 18.9 Å². The van der Waals surface area contributed by atoms with E-state index in [2.05, 4.69) is 14.8 Å². The standard InChI is InChI=1S/C12H15NO5S/c1-17-10(14)6-5-8(12(16)18-2)13-11(15)9-4-3-7-19-9/h3-4,7-8H,5-6H2,1-2H3,(H,13,15)/t8-/m1/s1. The molecular weight excluding hydrogens is 270 g/mol. The third-order valence-corrected chi connectivity index (χ3v) is 3.27. The molecule has 1 aromatic heterocycles. The Morgan fingerprint density at radius 3 is 2.58 bits per heavy atom. The maximum Gasteiger partial charge on any atom is 0.328 e. The van der Waals surface area contributed by atoms with Gasteiger partial charge in [-0.1, -0.05) is 6.07 Å². The molecule has 0 saturated carbocycles. The Bertz CT molecular complexity index is 443. The van der Waals surface area contributed by atoms with Crippen LogP contribution in [0.5, 0.6) is 0 Å². The number of rotatable bonds is 6.